The van der Waals surface area contributed by atoms with Crippen molar-refractivity contribution in [2.24, 2.45) is 11.8 Å². The van der Waals surface area contributed by atoms with Crippen LogP contribution >= 0.6 is 11.6 Å². The SMILES string of the molecule is COc1cc(/C=C/C(=O)OCCCCO[N+](=O)[O-])ccc1OC(=O)CCC/C=C\C[C@@H]1[C@@H](CC[C@@H](O)COc2cccc(Cl)c2)[C@H](O)C[C@@H]1O. The zero-order valence-electron chi connectivity index (χ0n) is 28.1. The first-order valence-electron chi connectivity index (χ1n) is 16.6. The van der Waals surface area contributed by atoms with E-state index in [9.17, 15) is 35.0 Å². The summed E-state index contributed by atoms with van der Waals surface area (Å²) in [5.74, 6) is -0.178. The largest absolute Gasteiger partial charge is 0.493 e. The van der Waals surface area contributed by atoms with Crippen LogP contribution in [0.25, 0.3) is 6.08 Å². The van der Waals surface area contributed by atoms with Crippen LogP contribution in [0.1, 0.15) is 63.4 Å². The Labute approximate surface area is 296 Å². The molecule has 0 spiro atoms. The molecule has 0 unspecified atom stereocenters. The minimum atomic E-state index is -0.872. The molecule has 0 aliphatic heterocycles. The van der Waals surface area contributed by atoms with Crippen LogP contribution in [0.5, 0.6) is 17.2 Å². The molecule has 0 radical (unpaired) electrons. The number of rotatable bonds is 22. The number of nitrogens with zero attached hydrogens (tertiary/aromatic N) is 1. The third kappa shape index (κ3) is 14.8. The summed E-state index contributed by atoms with van der Waals surface area (Å²) in [6.07, 6.45) is 8.62. The van der Waals surface area contributed by atoms with Gasteiger partial charge >= 0.3 is 11.9 Å². The fourth-order valence-corrected chi connectivity index (χ4v) is 5.81. The Morgan fingerprint density at radius 3 is 2.58 bits per heavy atom. The van der Waals surface area contributed by atoms with Crippen LogP contribution < -0.4 is 14.2 Å². The molecule has 1 aliphatic carbocycles. The van der Waals surface area contributed by atoms with Crippen LogP contribution in [0.4, 0.5) is 0 Å². The zero-order valence-corrected chi connectivity index (χ0v) is 28.8. The number of hydrogen-bond acceptors (Lipinski definition) is 12. The van der Waals surface area contributed by atoms with Crippen LogP contribution in [0.15, 0.2) is 60.7 Å². The quantitative estimate of drug-likeness (QED) is 0.0265. The summed E-state index contributed by atoms with van der Waals surface area (Å²) in [6.45, 7) is 0.137. The van der Waals surface area contributed by atoms with E-state index in [0.717, 1.165) is 0 Å². The lowest BCUT2D eigenvalue weighted by atomic mass is 9.86. The summed E-state index contributed by atoms with van der Waals surface area (Å²) in [4.78, 5) is 38.7. The number of ether oxygens (including phenoxy) is 4. The van der Waals surface area contributed by atoms with Crippen LogP contribution in [-0.2, 0) is 19.2 Å². The predicted octanol–water partition coefficient (Wildman–Crippen LogP) is 5.49. The topological polar surface area (TPSA) is 184 Å². The van der Waals surface area contributed by atoms with E-state index in [4.69, 9.17) is 30.5 Å². The van der Waals surface area contributed by atoms with Gasteiger partial charge in [0.1, 0.15) is 12.4 Å². The number of benzene rings is 2. The number of halogens is 1. The maximum atomic E-state index is 12.5. The number of methoxy groups -OCH3 is 1. The summed E-state index contributed by atoms with van der Waals surface area (Å²) in [5, 5.41) is 41.3. The van der Waals surface area contributed by atoms with Crippen LogP contribution in [0, 0.1) is 22.0 Å². The third-order valence-corrected chi connectivity index (χ3v) is 8.46. The molecule has 1 fully saturated rings. The van der Waals surface area contributed by atoms with E-state index in [0.29, 0.717) is 73.5 Å². The molecule has 0 heterocycles. The van der Waals surface area contributed by atoms with Gasteiger partial charge in [-0.25, -0.2) is 4.79 Å². The second-order valence-corrected chi connectivity index (χ2v) is 12.4. The number of esters is 2. The smallest absolute Gasteiger partial charge is 0.330 e. The van der Waals surface area contributed by atoms with Crippen molar-refractivity contribution in [3.8, 4) is 17.2 Å². The Kier molecular flexibility index (Phi) is 17.6. The molecule has 2 aromatic carbocycles. The van der Waals surface area contributed by atoms with Crippen LogP contribution in [0.3, 0.4) is 0 Å². The van der Waals surface area contributed by atoms with E-state index in [1.165, 1.54) is 19.3 Å². The van der Waals surface area contributed by atoms with Gasteiger partial charge in [0.25, 0.3) is 5.09 Å². The van der Waals surface area contributed by atoms with Gasteiger partial charge in [0.05, 0.1) is 38.6 Å². The number of aliphatic hydroxyl groups excluding tert-OH is 3. The number of allylic oxidation sites excluding steroid dienone is 2. The molecule has 50 heavy (non-hydrogen) atoms. The Balaban J connectivity index is 1.35. The highest BCUT2D eigenvalue weighted by atomic mass is 35.5. The van der Waals surface area contributed by atoms with Crippen molar-refractivity contribution in [2.45, 2.75) is 76.1 Å². The normalized spacial score (nSPS) is 19.4. The molecule has 3 rings (SSSR count). The molecule has 0 saturated heterocycles. The van der Waals surface area contributed by atoms with Crippen molar-refractivity contribution < 1.29 is 53.8 Å². The monoisotopic (exact) mass is 719 g/mol. The second kappa shape index (κ2) is 21.8. The first kappa shape index (κ1) is 40.3. The van der Waals surface area contributed by atoms with Crippen molar-refractivity contribution in [1.82, 2.24) is 0 Å². The van der Waals surface area contributed by atoms with Gasteiger partial charge in [0.2, 0.25) is 0 Å². The lowest BCUT2D eigenvalue weighted by Crippen LogP contribution is -2.25. The highest BCUT2D eigenvalue weighted by Crippen LogP contribution is 2.38. The Bertz CT molecular complexity index is 1430. The molecular formula is C36H46ClNO12. The molecule has 13 nitrogen and oxygen atoms in total. The number of hydrogen-bond donors (Lipinski definition) is 3. The van der Waals surface area contributed by atoms with E-state index in [1.54, 1.807) is 42.5 Å². The number of carbonyl (C=O) groups is 2. The average molecular weight is 720 g/mol. The molecule has 0 aromatic heterocycles. The van der Waals surface area contributed by atoms with Crippen molar-refractivity contribution in [3.05, 3.63) is 81.4 Å². The average Bonchev–Trinajstić information content (AvgIpc) is 3.36. The minimum absolute atomic E-state index is 0.0630. The van der Waals surface area contributed by atoms with E-state index in [2.05, 4.69) is 4.84 Å². The van der Waals surface area contributed by atoms with Crippen LogP contribution in [0.2, 0.25) is 5.02 Å². The van der Waals surface area contributed by atoms with Gasteiger partial charge in [-0.3, -0.25) is 4.79 Å². The standard InChI is InChI=1S/C36H46ClNO12/c1-46-34-21-25(14-18-35(42)47-19-6-7-20-49-38(44)45)13-17-33(34)50-36(43)12-5-3-2-4-11-29-30(32(41)23-31(29)40)16-15-27(39)24-48-28-10-8-9-26(37)22-28/h2,4,8-10,13-14,17-18,21-22,27,29-32,39-41H,3,5-7,11-12,15-16,19-20,23-24H2,1H3/b4-2-,18-14+/t27-,29-,30-,31+,32-/m1/s1. The van der Waals surface area contributed by atoms with Gasteiger partial charge in [0, 0.05) is 17.5 Å². The van der Waals surface area contributed by atoms with E-state index < -0.39 is 35.3 Å². The molecule has 0 bridgehead atoms. The number of aliphatic hydroxyl groups is 3. The summed E-state index contributed by atoms with van der Waals surface area (Å²) in [6, 6.07) is 11.8. The zero-order chi connectivity index (χ0) is 36.3. The maximum Gasteiger partial charge on any atom is 0.330 e. The fourth-order valence-electron chi connectivity index (χ4n) is 5.63. The molecule has 5 atom stereocenters. The van der Waals surface area contributed by atoms with Gasteiger partial charge in [-0.15, -0.1) is 10.1 Å². The Morgan fingerprint density at radius 2 is 1.82 bits per heavy atom. The summed E-state index contributed by atoms with van der Waals surface area (Å²) < 4.78 is 21.5. The van der Waals surface area contributed by atoms with Gasteiger partial charge in [-0.1, -0.05) is 35.9 Å². The first-order valence-corrected chi connectivity index (χ1v) is 17.0. The summed E-state index contributed by atoms with van der Waals surface area (Å²) in [7, 11) is 1.44. The van der Waals surface area contributed by atoms with Crippen molar-refractivity contribution >= 4 is 29.6 Å². The van der Waals surface area contributed by atoms with Gasteiger partial charge in [-0.2, -0.15) is 0 Å². The van der Waals surface area contributed by atoms with Crippen LogP contribution in [-0.4, -0.2) is 77.6 Å². The van der Waals surface area contributed by atoms with E-state index >= 15 is 0 Å². The molecule has 14 heteroatoms. The number of unbranched alkanes of at least 4 members (excludes halogenated alkanes) is 2. The molecule has 2 aromatic rings. The Hall–Kier alpha value is -4.17. The summed E-state index contributed by atoms with van der Waals surface area (Å²) >= 11 is 5.97. The lowest BCUT2D eigenvalue weighted by Gasteiger charge is -2.23. The molecule has 274 valence electrons. The molecular weight excluding hydrogens is 674 g/mol. The highest BCUT2D eigenvalue weighted by molar-refractivity contribution is 6.30. The van der Waals surface area contributed by atoms with E-state index in [-0.39, 0.29) is 43.8 Å². The highest BCUT2D eigenvalue weighted by Gasteiger charge is 2.40. The summed E-state index contributed by atoms with van der Waals surface area (Å²) in [5.41, 5.74) is 0.615. The maximum absolute atomic E-state index is 12.5. The van der Waals surface area contributed by atoms with Crippen molar-refractivity contribution in [1.29, 1.82) is 0 Å². The second-order valence-electron chi connectivity index (χ2n) is 11.9. The van der Waals surface area contributed by atoms with Crippen molar-refractivity contribution in [3.63, 3.8) is 0 Å². The Morgan fingerprint density at radius 1 is 1.04 bits per heavy atom. The van der Waals surface area contributed by atoms with Gasteiger partial charge in [0.15, 0.2) is 11.5 Å². The van der Waals surface area contributed by atoms with Gasteiger partial charge in [-0.05, 0) is 105 Å². The lowest BCUT2D eigenvalue weighted by molar-refractivity contribution is -0.757. The minimum Gasteiger partial charge on any atom is -0.493 e. The van der Waals surface area contributed by atoms with Gasteiger partial charge < -0.3 is 39.1 Å². The molecule has 1 aliphatic rings. The molecule has 1 saturated carbocycles. The predicted molar refractivity (Wildman–Crippen MR) is 184 cm³/mol. The van der Waals surface area contributed by atoms with E-state index in [1.807, 2.05) is 12.2 Å². The molecule has 3 N–H and O–H groups in total. The third-order valence-electron chi connectivity index (χ3n) is 8.22. The molecule has 0 amide bonds. The number of carbonyl (C=O) groups excluding carboxylic acids is 2. The van der Waals surface area contributed by atoms with Crippen molar-refractivity contribution in [2.75, 3.05) is 26.9 Å². The first-order chi connectivity index (χ1) is 24.0. The fraction of sp³-hybridized carbons (Fsp3) is 0.500.